The molecule has 7 nitrogen and oxygen atoms in total. The molecule has 1 unspecified atom stereocenters. The van der Waals surface area contributed by atoms with Gasteiger partial charge in [0.2, 0.25) is 5.91 Å². The largest absolute Gasteiger partial charge is 0.325 e. The van der Waals surface area contributed by atoms with Crippen molar-refractivity contribution in [1.29, 1.82) is 5.26 Å². The first-order chi connectivity index (χ1) is 14.3. The van der Waals surface area contributed by atoms with Crippen LogP contribution in [-0.4, -0.2) is 35.8 Å². The summed E-state index contributed by atoms with van der Waals surface area (Å²) in [6.07, 6.45) is 0.127. The smallest absolute Gasteiger partial charge is 0.319 e. The van der Waals surface area contributed by atoms with E-state index in [1.54, 1.807) is 43.3 Å². The van der Waals surface area contributed by atoms with Crippen molar-refractivity contribution < 1.29 is 14.4 Å². The molecule has 1 saturated heterocycles. The maximum atomic E-state index is 13.1. The number of nitrogens with zero attached hydrogens (tertiary/aromatic N) is 3. The van der Waals surface area contributed by atoms with Crippen LogP contribution in [0.5, 0.6) is 0 Å². The van der Waals surface area contributed by atoms with E-state index in [0.717, 1.165) is 10.5 Å². The van der Waals surface area contributed by atoms with Gasteiger partial charge in [0, 0.05) is 17.3 Å². The number of carbonyl (C=O) groups excluding carboxylic acids is 3. The fourth-order valence-electron chi connectivity index (χ4n) is 3.32. The van der Waals surface area contributed by atoms with Gasteiger partial charge in [-0.1, -0.05) is 41.4 Å². The summed E-state index contributed by atoms with van der Waals surface area (Å²) in [5, 5.41) is 12.1. The normalized spacial score (nSPS) is 18.1. The number of urea groups is 1. The molecule has 1 aliphatic rings. The SMILES string of the molecule is Cc1ccc(N(CCC#N)C(=O)CN2C(=O)NC(C)(c3ccc(Cl)cc3)C2=O)cc1. The van der Waals surface area contributed by atoms with E-state index in [1.807, 2.05) is 25.1 Å². The Balaban J connectivity index is 1.82. The molecule has 4 amide bonds. The molecule has 3 rings (SSSR count). The van der Waals surface area contributed by atoms with Crippen molar-refractivity contribution in [3.05, 3.63) is 64.7 Å². The highest BCUT2D eigenvalue weighted by Gasteiger charge is 2.49. The zero-order chi connectivity index (χ0) is 21.9. The molecule has 30 heavy (non-hydrogen) atoms. The lowest BCUT2D eigenvalue weighted by Crippen LogP contribution is -2.45. The van der Waals surface area contributed by atoms with E-state index in [1.165, 1.54) is 4.90 Å². The van der Waals surface area contributed by atoms with Gasteiger partial charge in [0.15, 0.2) is 0 Å². The number of imide groups is 1. The monoisotopic (exact) mass is 424 g/mol. The summed E-state index contributed by atoms with van der Waals surface area (Å²) in [7, 11) is 0. The molecule has 0 saturated carbocycles. The van der Waals surface area contributed by atoms with Crippen LogP contribution in [0, 0.1) is 18.3 Å². The highest BCUT2D eigenvalue weighted by molar-refractivity contribution is 6.30. The molecule has 0 radical (unpaired) electrons. The molecule has 8 heteroatoms. The van der Waals surface area contributed by atoms with Gasteiger partial charge >= 0.3 is 6.03 Å². The average Bonchev–Trinajstić information content (AvgIpc) is 2.94. The van der Waals surface area contributed by atoms with E-state index in [2.05, 4.69) is 5.32 Å². The number of halogens is 1. The number of hydrogen-bond donors (Lipinski definition) is 1. The second kappa shape index (κ2) is 8.56. The molecular weight excluding hydrogens is 404 g/mol. The third kappa shape index (κ3) is 4.14. The summed E-state index contributed by atoms with van der Waals surface area (Å²) in [6.45, 7) is 3.26. The Morgan fingerprint density at radius 3 is 2.40 bits per heavy atom. The van der Waals surface area contributed by atoms with Gasteiger partial charge in [0.05, 0.1) is 12.5 Å². The number of hydrogen-bond acceptors (Lipinski definition) is 4. The van der Waals surface area contributed by atoms with Crippen molar-refractivity contribution in [3.63, 3.8) is 0 Å². The fourth-order valence-corrected chi connectivity index (χ4v) is 3.45. The van der Waals surface area contributed by atoms with E-state index in [4.69, 9.17) is 16.9 Å². The number of carbonyl (C=O) groups is 3. The minimum Gasteiger partial charge on any atom is -0.319 e. The van der Waals surface area contributed by atoms with Gasteiger partial charge < -0.3 is 10.2 Å². The lowest BCUT2D eigenvalue weighted by molar-refractivity contribution is -0.134. The van der Waals surface area contributed by atoms with Gasteiger partial charge in [-0.2, -0.15) is 5.26 Å². The number of nitriles is 1. The van der Waals surface area contributed by atoms with Crippen molar-refractivity contribution in [2.24, 2.45) is 0 Å². The van der Waals surface area contributed by atoms with E-state index in [-0.39, 0.29) is 13.0 Å². The number of rotatable bonds is 6. The molecule has 1 heterocycles. The lowest BCUT2D eigenvalue weighted by atomic mass is 9.92. The summed E-state index contributed by atoms with van der Waals surface area (Å²) < 4.78 is 0. The number of aryl methyl sites for hydroxylation is 1. The van der Waals surface area contributed by atoms with Gasteiger partial charge in [-0.3, -0.25) is 14.5 Å². The Bertz CT molecular complexity index is 1010. The van der Waals surface area contributed by atoms with Crippen molar-refractivity contribution in [1.82, 2.24) is 10.2 Å². The van der Waals surface area contributed by atoms with Crippen molar-refractivity contribution in [2.75, 3.05) is 18.0 Å². The van der Waals surface area contributed by atoms with Crippen LogP contribution >= 0.6 is 11.6 Å². The van der Waals surface area contributed by atoms with Crippen LogP contribution < -0.4 is 10.2 Å². The summed E-state index contributed by atoms with van der Waals surface area (Å²) >= 11 is 5.91. The minimum atomic E-state index is -1.29. The first-order valence-electron chi connectivity index (χ1n) is 9.40. The van der Waals surface area contributed by atoms with Gasteiger partial charge in [-0.25, -0.2) is 4.79 Å². The topological polar surface area (TPSA) is 93.5 Å². The van der Waals surface area contributed by atoms with Gasteiger partial charge in [0.25, 0.3) is 5.91 Å². The zero-order valence-corrected chi connectivity index (χ0v) is 17.4. The van der Waals surface area contributed by atoms with E-state index < -0.39 is 29.9 Å². The molecular formula is C22H21ClN4O3. The van der Waals surface area contributed by atoms with Gasteiger partial charge in [-0.15, -0.1) is 0 Å². The maximum Gasteiger partial charge on any atom is 0.325 e. The fraction of sp³-hybridized carbons (Fsp3) is 0.273. The quantitative estimate of drug-likeness (QED) is 0.719. The summed E-state index contributed by atoms with van der Waals surface area (Å²) in [5.41, 5.74) is 0.913. The predicted octanol–water partition coefficient (Wildman–Crippen LogP) is 3.36. The van der Waals surface area contributed by atoms with Crippen LogP contribution in [0.15, 0.2) is 48.5 Å². The lowest BCUT2D eigenvalue weighted by Gasteiger charge is -2.25. The molecule has 2 aromatic rings. The van der Waals surface area contributed by atoms with Gasteiger partial charge in [-0.05, 0) is 43.7 Å². The second-order valence-corrected chi connectivity index (χ2v) is 7.68. The van der Waals surface area contributed by atoms with Crippen LogP contribution in [0.4, 0.5) is 10.5 Å². The molecule has 0 aliphatic carbocycles. The van der Waals surface area contributed by atoms with Crippen molar-refractivity contribution in [2.45, 2.75) is 25.8 Å². The summed E-state index contributed by atoms with van der Waals surface area (Å²) in [5.74, 6) is -0.967. The molecule has 1 N–H and O–H groups in total. The molecule has 0 bridgehead atoms. The molecule has 154 valence electrons. The first-order valence-corrected chi connectivity index (χ1v) is 9.78. The molecule has 0 aromatic heterocycles. The number of anilines is 1. The van der Waals surface area contributed by atoms with E-state index in [9.17, 15) is 14.4 Å². The Morgan fingerprint density at radius 1 is 1.17 bits per heavy atom. The molecule has 1 aliphatic heterocycles. The molecule has 0 spiro atoms. The highest BCUT2D eigenvalue weighted by Crippen LogP contribution is 2.30. The standard InChI is InChI=1S/C22H21ClN4O3/c1-15-4-10-18(11-5-15)26(13-3-12-24)19(28)14-27-20(29)22(2,25-21(27)30)16-6-8-17(23)9-7-16/h4-11H,3,13-14H2,1-2H3,(H,25,30). The second-order valence-electron chi connectivity index (χ2n) is 7.24. The van der Waals surface area contributed by atoms with Crippen molar-refractivity contribution >= 4 is 35.1 Å². The van der Waals surface area contributed by atoms with Crippen LogP contribution in [0.2, 0.25) is 5.02 Å². The Labute approximate surface area is 179 Å². The van der Waals surface area contributed by atoms with Crippen LogP contribution in [-0.2, 0) is 15.1 Å². The van der Waals surface area contributed by atoms with Gasteiger partial charge in [0.1, 0.15) is 12.1 Å². The van der Waals surface area contributed by atoms with E-state index in [0.29, 0.717) is 16.3 Å². The third-order valence-corrected chi connectivity index (χ3v) is 5.34. The summed E-state index contributed by atoms with van der Waals surface area (Å²) in [4.78, 5) is 40.9. The Kier molecular flexibility index (Phi) is 6.09. The molecule has 1 atom stereocenters. The molecule has 2 aromatic carbocycles. The summed E-state index contributed by atoms with van der Waals surface area (Å²) in [6, 6.07) is 15.2. The average molecular weight is 425 g/mol. The minimum absolute atomic E-state index is 0.127. The predicted molar refractivity (Wildman–Crippen MR) is 113 cm³/mol. The Hall–Kier alpha value is -3.37. The van der Waals surface area contributed by atoms with Crippen LogP contribution in [0.3, 0.4) is 0 Å². The Morgan fingerprint density at radius 2 is 1.80 bits per heavy atom. The van der Waals surface area contributed by atoms with E-state index >= 15 is 0 Å². The highest BCUT2D eigenvalue weighted by atomic mass is 35.5. The number of benzene rings is 2. The maximum absolute atomic E-state index is 13.1. The number of amides is 4. The zero-order valence-electron chi connectivity index (χ0n) is 16.7. The number of nitrogens with one attached hydrogen (secondary N) is 1. The first kappa shape index (κ1) is 21.3. The third-order valence-electron chi connectivity index (χ3n) is 5.08. The van der Waals surface area contributed by atoms with Crippen molar-refractivity contribution in [3.8, 4) is 6.07 Å². The van der Waals surface area contributed by atoms with Crippen LogP contribution in [0.1, 0.15) is 24.5 Å². The van der Waals surface area contributed by atoms with Crippen LogP contribution in [0.25, 0.3) is 0 Å². The molecule has 1 fully saturated rings.